The number of anilines is 1. The number of rotatable bonds is 4. The zero-order chi connectivity index (χ0) is 20.9. The number of aromatic nitrogens is 1. The molecule has 152 valence electrons. The standard InChI is InChI=1S/C24H23N3O3/c1-16-6-7-18(17-8-11-25-12-9-17)14-21(16)27-24(29)23(28)26-15-19-10-13-30-22-5-3-2-4-20(19)22/h2-9,11-12,14,19H,10,13,15H2,1H3,(H,26,28)(H,27,29). The molecule has 4 rings (SSSR count). The van der Waals surface area contributed by atoms with Crippen molar-refractivity contribution in [3.63, 3.8) is 0 Å². The summed E-state index contributed by atoms with van der Waals surface area (Å²) in [7, 11) is 0. The van der Waals surface area contributed by atoms with Crippen molar-refractivity contribution in [2.45, 2.75) is 19.3 Å². The molecule has 0 saturated heterocycles. The van der Waals surface area contributed by atoms with Crippen LogP contribution in [-0.4, -0.2) is 29.9 Å². The van der Waals surface area contributed by atoms with Gasteiger partial charge < -0.3 is 15.4 Å². The van der Waals surface area contributed by atoms with Gasteiger partial charge in [-0.2, -0.15) is 0 Å². The lowest BCUT2D eigenvalue weighted by atomic mass is 9.93. The first-order valence-corrected chi connectivity index (χ1v) is 9.94. The number of carbonyl (C=O) groups excluding carboxylic acids is 2. The van der Waals surface area contributed by atoms with Crippen LogP contribution < -0.4 is 15.4 Å². The van der Waals surface area contributed by atoms with Crippen molar-refractivity contribution >= 4 is 17.5 Å². The molecule has 1 aliphatic rings. The Hall–Kier alpha value is -3.67. The Labute approximate surface area is 175 Å². The lowest BCUT2D eigenvalue weighted by molar-refractivity contribution is -0.136. The Morgan fingerprint density at radius 1 is 1.03 bits per heavy atom. The molecule has 6 heteroatoms. The highest BCUT2D eigenvalue weighted by atomic mass is 16.5. The van der Waals surface area contributed by atoms with E-state index in [2.05, 4.69) is 15.6 Å². The van der Waals surface area contributed by atoms with E-state index >= 15 is 0 Å². The Balaban J connectivity index is 1.40. The van der Waals surface area contributed by atoms with Gasteiger partial charge in [0.05, 0.1) is 6.61 Å². The zero-order valence-corrected chi connectivity index (χ0v) is 16.7. The molecule has 0 radical (unpaired) electrons. The van der Waals surface area contributed by atoms with E-state index in [1.807, 2.05) is 61.5 Å². The van der Waals surface area contributed by atoms with Crippen LogP contribution in [-0.2, 0) is 9.59 Å². The predicted molar refractivity (Wildman–Crippen MR) is 115 cm³/mol. The van der Waals surface area contributed by atoms with E-state index in [1.165, 1.54) is 0 Å². The lowest BCUT2D eigenvalue weighted by Gasteiger charge is -2.25. The van der Waals surface area contributed by atoms with E-state index in [-0.39, 0.29) is 5.92 Å². The van der Waals surface area contributed by atoms with Crippen molar-refractivity contribution in [3.05, 3.63) is 78.1 Å². The minimum atomic E-state index is -0.676. The molecule has 1 unspecified atom stereocenters. The van der Waals surface area contributed by atoms with Crippen molar-refractivity contribution in [2.24, 2.45) is 0 Å². The molecule has 3 aromatic rings. The van der Waals surface area contributed by atoms with E-state index < -0.39 is 11.8 Å². The van der Waals surface area contributed by atoms with Gasteiger partial charge in [0.1, 0.15) is 5.75 Å². The molecule has 0 aliphatic carbocycles. The van der Waals surface area contributed by atoms with Crippen LogP contribution in [0.15, 0.2) is 67.0 Å². The third kappa shape index (κ3) is 4.33. The second-order valence-electron chi connectivity index (χ2n) is 7.30. The number of benzene rings is 2. The van der Waals surface area contributed by atoms with Gasteiger partial charge in [-0.25, -0.2) is 0 Å². The normalized spacial score (nSPS) is 14.9. The average molecular weight is 401 g/mol. The van der Waals surface area contributed by atoms with E-state index in [1.54, 1.807) is 12.4 Å². The quantitative estimate of drug-likeness (QED) is 0.654. The van der Waals surface area contributed by atoms with Crippen molar-refractivity contribution in [3.8, 4) is 16.9 Å². The summed E-state index contributed by atoms with van der Waals surface area (Å²) in [6.07, 6.45) is 4.23. The fourth-order valence-corrected chi connectivity index (χ4v) is 3.58. The molecule has 0 fully saturated rings. The maximum atomic E-state index is 12.5. The van der Waals surface area contributed by atoms with Crippen LogP contribution in [0.5, 0.6) is 5.75 Å². The Kier molecular flexibility index (Phi) is 5.75. The summed E-state index contributed by atoms with van der Waals surface area (Å²) < 4.78 is 5.65. The molecule has 2 amide bonds. The van der Waals surface area contributed by atoms with Crippen LogP contribution >= 0.6 is 0 Å². The highest BCUT2D eigenvalue weighted by Gasteiger charge is 2.23. The zero-order valence-electron chi connectivity index (χ0n) is 16.7. The molecular formula is C24H23N3O3. The minimum Gasteiger partial charge on any atom is -0.493 e. The average Bonchev–Trinajstić information content (AvgIpc) is 2.79. The number of nitrogens with one attached hydrogen (secondary N) is 2. The van der Waals surface area contributed by atoms with Gasteiger partial charge in [-0.3, -0.25) is 14.6 Å². The van der Waals surface area contributed by atoms with E-state index in [9.17, 15) is 9.59 Å². The maximum Gasteiger partial charge on any atom is 0.313 e. The molecule has 0 bridgehead atoms. The Morgan fingerprint density at radius 2 is 1.83 bits per heavy atom. The van der Waals surface area contributed by atoms with Crippen LogP contribution in [0.4, 0.5) is 5.69 Å². The third-order valence-electron chi connectivity index (χ3n) is 5.30. The van der Waals surface area contributed by atoms with Gasteiger partial charge in [0.25, 0.3) is 0 Å². The number of amides is 2. The largest absolute Gasteiger partial charge is 0.493 e. The van der Waals surface area contributed by atoms with Crippen molar-refractivity contribution in [1.82, 2.24) is 10.3 Å². The van der Waals surface area contributed by atoms with E-state index in [4.69, 9.17) is 4.74 Å². The van der Waals surface area contributed by atoms with Crippen LogP contribution in [0, 0.1) is 6.92 Å². The Bertz CT molecular complexity index is 1070. The summed E-state index contributed by atoms with van der Waals surface area (Å²) in [5.41, 5.74) is 4.49. The molecule has 6 nitrogen and oxygen atoms in total. The second-order valence-corrected chi connectivity index (χ2v) is 7.30. The van der Waals surface area contributed by atoms with Crippen molar-refractivity contribution in [2.75, 3.05) is 18.5 Å². The highest BCUT2D eigenvalue weighted by Crippen LogP contribution is 2.32. The monoisotopic (exact) mass is 401 g/mol. The molecule has 30 heavy (non-hydrogen) atoms. The third-order valence-corrected chi connectivity index (χ3v) is 5.30. The fourth-order valence-electron chi connectivity index (χ4n) is 3.58. The molecule has 0 spiro atoms. The summed E-state index contributed by atoms with van der Waals surface area (Å²) >= 11 is 0. The first kappa shape index (κ1) is 19.6. The topological polar surface area (TPSA) is 80.3 Å². The van der Waals surface area contributed by atoms with Gasteiger partial charge in [0.2, 0.25) is 0 Å². The summed E-state index contributed by atoms with van der Waals surface area (Å²) in [6, 6.07) is 17.4. The van der Waals surface area contributed by atoms with Crippen LogP contribution in [0.25, 0.3) is 11.1 Å². The van der Waals surface area contributed by atoms with Gasteiger partial charge in [-0.1, -0.05) is 30.3 Å². The molecule has 1 atom stereocenters. The summed E-state index contributed by atoms with van der Waals surface area (Å²) in [6.45, 7) is 2.89. The number of carbonyl (C=O) groups is 2. The minimum absolute atomic E-state index is 0.128. The maximum absolute atomic E-state index is 12.5. The highest BCUT2D eigenvalue weighted by molar-refractivity contribution is 6.39. The molecule has 2 N–H and O–H groups in total. The first-order valence-electron chi connectivity index (χ1n) is 9.94. The second kappa shape index (κ2) is 8.78. The fraction of sp³-hybridized carbons (Fsp3) is 0.208. The number of para-hydroxylation sites is 1. The SMILES string of the molecule is Cc1ccc(-c2ccncc2)cc1NC(=O)C(=O)NCC1CCOc2ccccc21. The number of pyridine rings is 1. The van der Waals surface area contributed by atoms with Gasteiger partial charge in [0, 0.05) is 30.5 Å². The summed E-state index contributed by atoms with van der Waals surface area (Å²) in [4.78, 5) is 28.9. The van der Waals surface area contributed by atoms with Gasteiger partial charge in [0.15, 0.2) is 0 Å². The number of aryl methyl sites for hydroxylation is 1. The summed E-state index contributed by atoms with van der Waals surface area (Å²) in [5.74, 6) is -0.350. The molecular weight excluding hydrogens is 378 g/mol. The number of hydrogen-bond donors (Lipinski definition) is 2. The molecule has 0 saturated carbocycles. The molecule has 2 aromatic carbocycles. The van der Waals surface area contributed by atoms with Crippen molar-refractivity contribution in [1.29, 1.82) is 0 Å². The van der Waals surface area contributed by atoms with Crippen LogP contribution in [0.2, 0.25) is 0 Å². The van der Waals surface area contributed by atoms with Crippen LogP contribution in [0.3, 0.4) is 0 Å². The number of fused-ring (bicyclic) bond motifs is 1. The number of nitrogens with zero attached hydrogens (tertiary/aromatic N) is 1. The van der Waals surface area contributed by atoms with Gasteiger partial charge in [-0.05, 0) is 59.9 Å². The van der Waals surface area contributed by atoms with Gasteiger partial charge in [-0.15, -0.1) is 0 Å². The molecule has 1 aromatic heterocycles. The number of hydrogen-bond acceptors (Lipinski definition) is 4. The molecule has 2 heterocycles. The molecule has 1 aliphatic heterocycles. The van der Waals surface area contributed by atoms with E-state index in [0.29, 0.717) is 18.8 Å². The first-order chi connectivity index (χ1) is 14.6. The van der Waals surface area contributed by atoms with E-state index in [0.717, 1.165) is 34.4 Å². The number of ether oxygens (including phenoxy) is 1. The smallest absolute Gasteiger partial charge is 0.313 e. The Morgan fingerprint density at radius 3 is 2.67 bits per heavy atom. The van der Waals surface area contributed by atoms with Crippen LogP contribution in [0.1, 0.15) is 23.5 Å². The lowest BCUT2D eigenvalue weighted by Crippen LogP contribution is -2.38. The van der Waals surface area contributed by atoms with Crippen molar-refractivity contribution < 1.29 is 14.3 Å². The van der Waals surface area contributed by atoms with Gasteiger partial charge >= 0.3 is 11.8 Å². The predicted octanol–water partition coefficient (Wildman–Crippen LogP) is 3.68. The summed E-state index contributed by atoms with van der Waals surface area (Å²) in [5, 5.41) is 5.50.